The Morgan fingerprint density at radius 3 is 2.89 bits per heavy atom. The molecule has 0 spiro atoms. The zero-order valence-corrected chi connectivity index (χ0v) is 10.8. The standard InChI is InChI=1S/C15H19N3/c1-12-9-15(18-11-16-10-17-18)8-7-14(12)4-2-3-13-5-6-13/h7-11,13H,2-6H2,1H3. The van der Waals surface area contributed by atoms with Crippen molar-refractivity contribution in [2.75, 3.05) is 0 Å². The van der Waals surface area contributed by atoms with Gasteiger partial charge in [0.1, 0.15) is 12.7 Å². The molecule has 0 saturated heterocycles. The van der Waals surface area contributed by atoms with Gasteiger partial charge in [-0.25, -0.2) is 9.67 Å². The summed E-state index contributed by atoms with van der Waals surface area (Å²) in [6.45, 7) is 2.19. The lowest BCUT2D eigenvalue weighted by atomic mass is 10.0. The summed E-state index contributed by atoms with van der Waals surface area (Å²) in [6, 6.07) is 6.56. The lowest BCUT2D eigenvalue weighted by Gasteiger charge is -2.08. The molecule has 0 amide bonds. The molecule has 0 bridgehead atoms. The molecule has 3 rings (SSSR count). The molecule has 3 nitrogen and oxygen atoms in total. The van der Waals surface area contributed by atoms with Crippen LogP contribution in [0.3, 0.4) is 0 Å². The van der Waals surface area contributed by atoms with Crippen LogP contribution >= 0.6 is 0 Å². The second kappa shape index (κ2) is 4.92. The Morgan fingerprint density at radius 2 is 2.22 bits per heavy atom. The van der Waals surface area contributed by atoms with Gasteiger partial charge in [0.15, 0.2) is 0 Å². The van der Waals surface area contributed by atoms with Crippen LogP contribution in [0.4, 0.5) is 0 Å². The summed E-state index contributed by atoms with van der Waals surface area (Å²) in [4.78, 5) is 3.98. The Balaban J connectivity index is 1.68. The average Bonchev–Trinajstić information content (AvgIpc) is 3.03. The summed E-state index contributed by atoms with van der Waals surface area (Å²) in [5, 5.41) is 4.16. The lowest BCUT2D eigenvalue weighted by molar-refractivity contribution is 0.665. The minimum Gasteiger partial charge on any atom is -0.223 e. The molecule has 0 N–H and O–H groups in total. The number of benzene rings is 1. The molecule has 0 unspecified atom stereocenters. The number of hydrogen-bond acceptors (Lipinski definition) is 2. The fourth-order valence-electron chi connectivity index (χ4n) is 2.43. The van der Waals surface area contributed by atoms with E-state index >= 15 is 0 Å². The minimum atomic E-state index is 1.04. The van der Waals surface area contributed by atoms with Crippen molar-refractivity contribution in [3.63, 3.8) is 0 Å². The van der Waals surface area contributed by atoms with Crippen molar-refractivity contribution in [1.29, 1.82) is 0 Å². The first kappa shape index (κ1) is 11.5. The molecule has 18 heavy (non-hydrogen) atoms. The molecule has 3 heteroatoms. The van der Waals surface area contributed by atoms with Gasteiger partial charge in [-0.15, -0.1) is 0 Å². The summed E-state index contributed by atoms with van der Waals surface area (Å²) in [5.41, 5.74) is 3.93. The zero-order valence-electron chi connectivity index (χ0n) is 10.8. The van der Waals surface area contributed by atoms with Crippen molar-refractivity contribution in [2.24, 2.45) is 5.92 Å². The SMILES string of the molecule is Cc1cc(-n2cncn2)ccc1CCCC1CC1. The van der Waals surface area contributed by atoms with Crippen LogP contribution in [0.15, 0.2) is 30.9 Å². The first-order valence-corrected chi connectivity index (χ1v) is 6.77. The van der Waals surface area contributed by atoms with Crippen LogP contribution in [-0.2, 0) is 6.42 Å². The van der Waals surface area contributed by atoms with Gasteiger partial charge >= 0.3 is 0 Å². The molecule has 2 aromatic rings. The lowest BCUT2D eigenvalue weighted by Crippen LogP contribution is -1.97. The summed E-state index contributed by atoms with van der Waals surface area (Å²) in [7, 11) is 0. The number of rotatable bonds is 5. The maximum Gasteiger partial charge on any atom is 0.138 e. The van der Waals surface area contributed by atoms with Crippen molar-refractivity contribution < 1.29 is 0 Å². The molecule has 1 heterocycles. The van der Waals surface area contributed by atoms with E-state index in [0.717, 1.165) is 11.6 Å². The van der Waals surface area contributed by atoms with Crippen molar-refractivity contribution in [3.05, 3.63) is 42.0 Å². The number of nitrogens with zero attached hydrogens (tertiary/aromatic N) is 3. The second-order valence-corrected chi connectivity index (χ2v) is 5.29. The normalized spacial score (nSPS) is 14.9. The Kier molecular flexibility index (Phi) is 3.13. The van der Waals surface area contributed by atoms with E-state index in [2.05, 4.69) is 35.2 Å². The van der Waals surface area contributed by atoms with Crippen LogP contribution in [0, 0.1) is 12.8 Å². The molecule has 1 aliphatic rings. The van der Waals surface area contributed by atoms with Crippen LogP contribution in [0.5, 0.6) is 0 Å². The quantitative estimate of drug-likeness (QED) is 0.804. The predicted octanol–water partition coefficient (Wildman–Crippen LogP) is 3.31. The minimum absolute atomic E-state index is 1.04. The van der Waals surface area contributed by atoms with Crippen molar-refractivity contribution >= 4 is 0 Å². The van der Waals surface area contributed by atoms with E-state index in [9.17, 15) is 0 Å². The summed E-state index contributed by atoms with van der Waals surface area (Å²) in [5.74, 6) is 1.04. The molecule has 94 valence electrons. The fraction of sp³-hybridized carbons (Fsp3) is 0.467. The smallest absolute Gasteiger partial charge is 0.138 e. The predicted molar refractivity (Wildman–Crippen MR) is 71.8 cm³/mol. The van der Waals surface area contributed by atoms with Gasteiger partial charge in [0.2, 0.25) is 0 Å². The van der Waals surface area contributed by atoms with Gasteiger partial charge in [-0.1, -0.05) is 25.3 Å². The third kappa shape index (κ3) is 2.61. The van der Waals surface area contributed by atoms with Crippen LogP contribution < -0.4 is 0 Å². The molecule has 0 radical (unpaired) electrons. The summed E-state index contributed by atoms with van der Waals surface area (Å²) >= 11 is 0. The van der Waals surface area contributed by atoms with Gasteiger partial charge in [-0.05, 0) is 48.9 Å². The molecule has 1 aromatic heterocycles. The van der Waals surface area contributed by atoms with Crippen LogP contribution in [0.25, 0.3) is 5.69 Å². The second-order valence-electron chi connectivity index (χ2n) is 5.29. The Hall–Kier alpha value is -1.64. The monoisotopic (exact) mass is 241 g/mol. The van der Waals surface area contributed by atoms with E-state index < -0.39 is 0 Å². The number of aromatic nitrogens is 3. The number of aryl methyl sites for hydroxylation is 2. The molecule has 1 saturated carbocycles. The van der Waals surface area contributed by atoms with Gasteiger partial charge in [0.05, 0.1) is 5.69 Å². The van der Waals surface area contributed by atoms with Crippen LogP contribution in [0.1, 0.15) is 36.8 Å². The van der Waals surface area contributed by atoms with Crippen molar-refractivity contribution in [3.8, 4) is 5.69 Å². The maximum absolute atomic E-state index is 4.16. The number of hydrogen-bond donors (Lipinski definition) is 0. The molecule has 1 fully saturated rings. The highest BCUT2D eigenvalue weighted by Gasteiger charge is 2.20. The molecule has 0 aliphatic heterocycles. The molecular weight excluding hydrogens is 222 g/mol. The third-order valence-electron chi connectivity index (χ3n) is 3.76. The van der Waals surface area contributed by atoms with Gasteiger partial charge in [0, 0.05) is 0 Å². The van der Waals surface area contributed by atoms with E-state index in [4.69, 9.17) is 0 Å². The largest absolute Gasteiger partial charge is 0.223 e. The topological polar surface area (TPSA) is 30.7 Å². The van der Waals surface area contributed by atoms with Gasteiger partial charge in [0.25, 0.3) is 0 Å². The van der Waals surface area contributed by atoms with Crippen molar-refractivity contribution in [2.45, 2.75) is 39.0 Å². The molecule has 0 atom stereocenters. The first-order chi connectivity index (χ1) is 8.83. The third-order valence-corrected chi connectivity index (χ3v) is 3.76. The Labute approximate surface area is 108 Å². The summed E-state index contributed by atoms with van der Waals surface area (Å²) in [6.07, 6.45) is 10.2. The summed E-state index contributed by atoms with van der Waals surface area (Å²) < 4.78 is 1.81. The van der Waals surface area contributed by atoms with Gasteiger partial charge < -0.3 is 0 Å². The highest BCUT2D eigenvalue weighted by atomic mass is 15.3. The Morgan fingerprint density at radius 1 is 1.33 bits per heavy atom. The molecule has 1 aromatic carbocycles. The van der Waals surface area contributed by atoms with E-state index in [-0.39, 0.29) is 0 Å². The zero-order chi connectivity index (χ0) is 12.4. The average molecular weight is 241 g/mol. The Bertz CT molecular complexity index is 513. The van der Waals surface area contributed by atoms with E-state index in [1.807, 2.05) is 0 Å². The fourth-order valence-corrected chi connectivity index (χ4v) is 2.43. The van der Waals surface area contributed by atoms with Crippen LogP contribution in [0.2, 0.25) is 0 Å². The van der Waals surface area contributed by atoms with Gasteiger partial charge in [-0.2, -0.15) is 5.10 Å². The highest BCUT2D eigenvalue weighted by Crippen LogP contribution is 2.34. The van der Waals surface area contributed by atoms with E-state index in [1.165, 1.54) is 43.2 Å². The van der Waals surface area contributed by atoms with E-state index in [1.54, 1.807) is 17.3 Å². The maximum atomic E-state index is 4.16. The van der Waals surface area contributed by atoms with Crippen molar-refractivity contribution in [1.82, 2.24) is 14.8 Å². The highest BCUT2D eigenvalue weighted by molar-refractivity contribution is 5.39. The first-order valence-electron chi connectivity index (χ1n) is 6.77. The van der Waals surface area contributed by atoms with Crippen LogP contribution in [-0.4, -0.2) is 14.8 Å². The molecular formula is C15H19N3. The van der Waals surface area contributed by atoms with E-state index in [0.29, 0.717) is 0 Å². The van der Waals surface area contributed by atoms with Gasteiger partial charge in [-0.3, -0.25) is 0 Å². The molecule has 1 aliphatic carbocycles.